The molecule has 5 heteroatoms. The molecule has 5 nitrogen and oxygen atoms in total. The van der Waals surface area contributed by atoms with E-state index in [1.165, 1.54) is 0 Å². The molecule has 1 heterocycles. The van der Waals surface area contributed by atoms with Gasteiger partial charge >= 0.3 is 5.97 Å². The van der Waals surface area contributed by atoms with Crippen LogP contribution in [0, 0.1) is 56.7 Å². The molecule has 0 radical (unpaired) electrons. The van der Waals surface area contributed by atoms with Crippen LogP contribution in [0.4, 0.5) is 0 Å². The Morgan fingerprint density at radius 3 is 2.42 bits per heavy atom. The van der Waals surface area contributed by atoms with Gasteiger partial charge in [0.25, 0.3) is 0 Å². The van der Waals surface area contributed by atoms with Crippen molar-refractivity contribution in [3.63, 3.8) is 0 Å². The number of esters is 1. The van der Waals surface area contributed by atoms with Gasteiger partial charge in [-0.3, -0.25) is 4.79 Å². The maximum absolute atomic E-state index is 14.5. The van der Waals surface area contributed by atoms with E-state index in [0.717, 1.165) is 44.1 Å². The second kappa shape index (κ2) is 10.7. The zero-order chi connectivity index (χ0) is 31.0. The Labute approximate surface area is 260 Å². The standard InChI is InChI=1S/C38H56O5/c1-24(2)25(3)34(4)18-19-36(6)27-14-15-30-35(5)22-42-23-38(30,20-29(41-8)32(35)39)28(27)16-17-37(36,7)31(34)33(40)43-21-26-12-10-9-11-13-26/h9-13,16,24-25,27,29-32,39H,14-15,17-23H2,1-8H3/t25-,27+,29-,30?,31-,32+,34-,35?,36-,37+,38+/m1/s1. The van der Waals surface area contributed by atoms with E-state index >= 15 is 0 Å². The molecule has 0 amide bonds. The number of aliphatic hydroxyl groups is 1. The first-order valence-electron chi connectivity index (χ1n) is 17.0. The van der Waals surface area contributed by atoms with E-state index < -0.39 is 6.10 Å². The lowest BCUT2D eigenvalue weighted by molar-refractivity contribution is -0.257. The first kappa shape index (κ1) is 31.3. The molecule has 1 aliphatic heterocycles. The number of benzene rings is 1. The molecule has 6 rings (SSSR count). The van der Waals surface area contributed by atoms with Gasteiger partial charge in [0, 0.05) is 17.9 Å². The van der Waals surface area contributed by atoms with Gasteiger partial charge < -0.3 is 19.3 Å². The number of methoxy groups -OCH3 is 1. The average molecular weight is 593 g/mol. The number of carbonyl (C=O) groups is 1. The number of hydrogen-bond donors (Lipinski definition) is 1. The fourth-order valence-electron chi connectivity index (χ4n) is 11.6. The summed E-state index contributed by atoms with van der Waals surface area (Å²) >= 11 is 0. The molecular formula is C38H56O5. The molecule has 11 atom stereocenters. The summed E-state index contributed by atoms with van der Waals surface area (Å²) in [5.74, 6) is 1.41. The van der Waals surface area contributed by atoms with Crippen LogP contribution < -0.4 is 0 Å². The lowest BCUT2D eigenvalue weighted by atomic mass is 9.34. The van der Waals surface area contributed by atoms with Crippen LogP contribution in [0.1, 0.15) is 92.6 Å². The highest BCUT2D eigenvalue weighted by molar-refractivity contribution is 5.75. The first-order chi connectivity index (χ1) is 20.3. The average Bonchev–Trinajstić information content (AvgIpc) is 2.98. The van der Waals surface area contributed by atoms with Crippen LogP contribution in [0.5, 0.6) is 0 Å². The van der Waals surface area contributed by atoms with Crippen LogP contribution in [0.15, 0.2) is 42.0 Å². The highest BCUT2D eigenvalue weighted by atomic mass is 16.5. The third kappa shape index (κ3) is 4.30. The van der Waals surface area contributed by atoms with E-state index in [2.05, 4.69) is 54.5 Å². The fraction of sp³-hybridized carbons (Fsp3) is 0.763. The van der Waals surface area contributed by atoms with Crippen molar-refractivity contribution in [3.8, 4) is 0 Å². The molecule has 0 spiro atoms. The van der Waals surface area contributed by atoms with Crippen LogP contribution in [0.2, 0.25) is 0 Å². The van der Waals surface area contributed by atoms with Gasteiger partial charge in [0.15, 0.2) is 0 Å². The summed E-state index contributed by atoms with van der Waals surface area (Å²) in [6, 6.07) is 10.1. The molecule has 1 saturated heterocycles. The number of fused-ring (bicyclic) bond motifs is 3. The van der Waals surface area contributed by atoms with Gasteiger partial charge in [-0.15, -0.1) is 0 Å². The Morgan fingerprint density at radius 2 is 1.74 bits per heavy atom. The number of rotatable bonds is 6. The van der Waals surface area contributed by atoms with Crippen LogP contribution in [0.3, 0.4) is 0 Å². The molecule has 3 saturated carbocycles. The van der Waals surface area contributed by atoms with E-state index in [0.29, 0.717) is 43.5 Å². The van der Waals surface area contributed by atoms with Crippen LogP contribution >= 0.6 is 0 Å². The predicted molar refractivity (Wildman–Crippen MR) is 169 cm³/mol. The van der Waals surface area contributed by atoms with E-state index in [1.54, 1.807) is 12.7 Å². The first-order valence-corrected chi connectivity index (χ1v) is 17.0. The molecule has 4 fully saturated rings. The number of aliphatic hydroxyl groups excluding tert-OH is 1. The molecule has 238 valence electrons. The topological polar surface area (TPSA) is 65.0 Å². The van der Waals surface area contributed by atoms with E-state index in [1.807, 2.05) is 30.3 Å². The molecule has 1 aromatic rings. The highest BCUT2D eigenvalue weighted by Crippen LogP contribution is 2.75. The second-order valence-electron chi connectivity index (χ2n) is 16.5. The smallest absolute Gasteiger partial charge is 0.310 e. The van der Waals surface area contributed by atoms with Crippen molar-refractivity contribution in [2.75, 3.05) is 20.3 Å². The van der Waals surface area contributed by atoms with Gasteiger partial charge in [-0.1, -0.05) is 90.4 Å². The number of ether oxygens (including phenoxy) is 3. The van der Waals surface area contributed by atoms with Gasteiger partial charge in [0.2, 0.25) is 0 Å². The van der Waals surface area contributed by atoms with Crippen LogP contribution in [0.25, 0.3) is 0 Å². The Morgan fingerprint density at radius 1 is 1.02 bits per heavy atom. The maximum Gasteiger partial charge on any atom is 0.310 e. The van der Waals surface area contributed by atoms with E-state index in [4.69, 9.17) is 14.2 Å². The highest BCUT2D eigenvalue weighted by Gasteiger charge is 2.71. The third-order valence-electron chi connectivity index (χ3n) is 14.6. The van der Waals surface area contributed by atoms with Crippen LogP contribution in [-0.2, 0) is 25.6 Å². The molecule has 2 bridgehead atoms. The minimum absolute atomic E-state index is 0.0233. The van der Waals surface area contributed by atoms with Gasteiger partial charge in [-0.05, 0) is 84.0 Å². The molecule has 43 heavy (non-hydrogen) atoms. The summed E-state index contributed by atoms with van der Waals surface area (Å²) in [6.45, 7) is 18.1. The van der Waals surface area contributed by atoms with Crippen molar-refractivity contribution >= 4 is 5.97 Å². The zero-order valence-corrected chi connectivity index (χ0v) is 27.9. The summed E-state index contributed by atoms with van der Waals surface area (Å²) in [6.07, 6.45) is 7.84. The quantitative estimate of drug-likeness (QED) is 0.272. The zero-order valence-electron chi connectivity index (χ0n) is 27.9. The van der Waals surface area contributed by atoms with Crippen molar-refractivity contribution in [1.29, 1.82) is 0 Å². The largest absolute Gasteiger partial charge is 0.461 e. The summed E-state index contributed by atoms with van der Waals surface area (Å²) in [4.78, 5) is 14.5. The molecule has 0 aromatic heterocycles. The molecule has 1 N–H and O–H groups in total. The molecule has 5 aliphatic rings. The number of carbonyl (C=O) groups excluding carboxylic acids is 1. The van der Waals surface area contributed by atoms with Crippen molar-refractivity contribution in [2.24, 2.45) is 56.7 Å². The fourth-order valence-corrected chi connectivity index (χ4v) is 11.6. The van der Waals surface area contributed by atoms with Gasteiger partial charge in [-0.2, -0.15) is 0 Å². The molecule has 4 aliphatic carbocycles. The van der Waals surface area contributed by atoms with Crippen molar-refractivity contribution < 1.29 is 24.1 Å². The van der Waals surface area contributed by atoms with E-state index in [-0.39, 0.29) is 45.1 Å². The van der Waals surface area contributed by atoms with Gasteiger partial charge in [0.1, 0.15) is 6.61 Å². The molecule has 2 unspecified atom stereocenters. The summed E-state index contributed by atoms with van der Waals surface area (Å²) in [5.41, 5.74) is 1.72. The Hall–Kier alpha value is -1.69. The Kier molecular flexibility index (Phi) is 7.79. The third-order valence-corrected chi connectivity index (χ3v) is 14.6. The number of hydrogen-bond acceptors (Lipinski definition) is 5. The summed E-state index contributed by atoms with van der Waals surface area (Å²) < 4.78 is 18.6. The minimum Gasteiger partial charge on any atom is -0.461 e. The monoisotopic (exact) mass is 592 g/mol. The SMILES string of the molecule is CO[C@@H]1C[C@@]23COCC(C)(C2CC[C@H]2C3=CC[C@@]3(C)[C@H](C(=O)OCc4ccccc4)[C@@](C)([C@H](C)C(C)C)CC[C@]23C)[C@H]1O. The van der Waals surface area contributed by atoms with E-state index in [9.17, 15) is 9.90 Å². The molecule has 1 aromatic carbocycles. The van der Waals surface area contributed by atoms with Gasteiger partial charge in [0.05, 0.1) is 31.3 Å². The van der Waals surface area contributed by atoms with Crippen molar-refractivity contribution in [1.82, 2.24) is 0 Å². The minimum atomic E-state index is -0.519. The van der Waals surface area contributed by atoms with Gasteiger partial charge in [-0.25, -0.2) is 0 Å². The normalized spacial score (nSPS) is 46.2. The van der Waals surface area contributed by atoms with Crippen LogP contribution in [-0.4, -0.2) is 43.6 Å². The predicted octanol–water partition coefficient (Wildman–Crippen LogP) is 7.61. The molecular weight excluding hydrogens is 536 g/mol. The summed E-state index contributed by atoms with van der Waals surface area (Å²) in [7, 11) is 1.75. The second-order valence-corrected chi connectivity index (χ2v) is 16.5. The lowest BCUT2D eigenvalue weighted by Gasteiger charge is -2.71. The Bertz CT molecular complexity index is 1240. The summed E-state index contributed by atoms with van der Waals surface area (Å²) in [5, 5.41) is 11.5. The number of allylic oxidation sites excluding steroid dienone is 1. The Balaban J connectivity index is 1.42. The maximum atomic E-state index is 14.5. The lowest BCUT2D eigenvalue weighted by Crippen LogP contribution is -2.69. The van der Waals surface area contributed by atoms with Crippen molar-refractivity contribution in [2.45, 2.75) is 106 Å². The van der Waals surface area contributed by atoms with Crippen molar-refractivity contribution in [3.05, 3.63) is 47.5 Å².